The average molecular weight is 364 g/mol. The van der Waals surface area contributed by atoms with Crippen molar-refractivity contribution in [3.63, 3.8) is 0 Å². The maximum Gasteiger partial charge on any atom is 0.0722 e. The number of hydrogen-bond donors (Lipinski definition) is 1. The quantitative estimate of drug-likeness (QED) is 0.732. The molecule has 110 valence electrons. The van der Waals surface area contributed by atoms with Gasteiger partial charge in [-0.15, -0.1) is 11.3 Å². The molecule has 0 bridgehead atoms. The molecule has 0 saturated heterocycles. The van der Waals surface area contributed by atoms with Crippen molar-refractivity contribution in [2.45, 2.75) is 19.4 Å². The first-order valence-corrected chi connectivity index (χ1v) is 8.75. The van der Waals surface area contributed by atoms with Crippen molar-refractivity contribution < 1.29 is 0 Å². The van der Waals surface area contributed by atoms with E-state index in [2.05, 4.69) is 63.9 Å². The molecular weight excluding hydrogens is 346 g/mol. The summed E-state index contributed by atoms with van der Waals surface area (Å²) < 4.78 is 3.15. The zero-order valence-electron chi connectivity index (χ0n) is 12.1. The third-order valence-electron chi connectivity index (χ3n) is 3.64. The molecule has 21 heavy (non-hydrogen) atoms. The van der Waals surface area contributed by atoms with E-state index < -0.39 is 0 Å². The molecule has 1 aromatic carbocycles. The van der Waals surface area contributed by atoms with Gasteiger partial charge < -0.3 is 5.32 Å². The molecule has 5 heteroatoms. The number of para-hydroxylation sites is 1. The van der Waals surface area contributed by atoms with E-state index in [0.29, 0.717) is 6.04 Å². The summed E-state index contributed by atoms with van der Waals surface area (Å²) in [7, 11) is 2.01. The monoisotopic (exact) mass is 363 g/mol. The van der Waals surface area contributed by atoms with Gasteiger partial charge in [0, 0.05) is 34.2 Å². The lowest BCUT2D eigenvalue weighted by Gasteiger charge is -2.16. The van der Waals surface area contributed by atoms with E-state index in [-0.39, 0.29) is 0 Å². The number of benzene rings is 1. The SMILES string of the molecule is CCNC(Cc1nn(C)c2ccccc12)c1sccc1Br. The molecule has 0 spiro atoms. The first kappa shape index (κ1) is 14.8. The van der Waals surface area contributed by atoms with Crippen molar-refractivity contribution in [3.8, 4) is 0 Å². The Bertz CT molecular complexity index is 747. The van der Waals surface area contributed by atoms with Crippen LogP contribution in [0.4, 0.5) is 0 Å². The minimum absolute atomic E-state index is 0.294. The van der Waals surface area contributed by atoms with Gasteiger partial charge in [0.2, 0.25) is 0 Å². The molecule has 2 heterocycles. The lowest BCUT2D eigenvalue weighted by atomic mass is 10.1. The minimum atomic E-state index is 0.294. The van der Waals surface area contributed by atoms with E-state index >= 15 is 0 Å². The number of likely N-dealkylation sites (N-methyl/N-ethyl adjacent to an activating group) is 1. The van der Waals surface area contributed by atoms with E-state index in [0.717, 1.165) is 18.7 Å². The molecule has 0 aliphatic rings. The van der Waals surface area contributed by atoms with E-state index in [1.54, 1.807) is 11.3 Å². The van der Waals surface area contributed by atoms with Crippen LogP contribution in [0.3, 0.4) is 0 Å². The van der Waals surface area contributed by atoms with E-state index in [1.807, 2.05) is 11.7 Å². The van der Waals surface area contributed by atoms with Gasteiger partial charge in [0.15, 0.2) is 0 Å². The third kappa shape index (κ3) is 2.91. The molecule has 3 nitrogen and oxygen atoms in total. The van der Waals surface area contributed by atoms with E-state index in [4.69, 9.17) is 5.10 Å². The molecule has 0 fully saturated rings. The van der Waals surface area contributed by atoms with Crippen LogP contribution in [0.15, 0.2) is 40.2 Å². The van der Waals surface area contributed by atoms with Crippen LogP contribution in [0, 0.1) is 0 Å². The highest BCUT2D eigenvalue weighted by atomic mass is 79.9. The van der Waals surface area contributed by atoms with Crippen molar-refractivity contribution in [1.82, 2.24) is 15.1 Å². The minimum Gasteiger partial charge on any atom is -0.309 e. The first-order chi connectivity index (χ1) is 10.2. The van der Waals surface area contributed by atoms with Gasteiger partial charge in [-0.3, -0.25) is 4.68 Å². The lowest BCUT2D eigenvalue weighted by molar-refractivity contribution is 0.547. The number of thiophene rings is 1. The second-order valence-electron chi connectivity index (χ2n) is 5.03. The average Bonchev–Trinajstić information content (AvgIpc) is 3.04. The summed E-state index contributed by atoms with van der Waals surface area (Å²) in [6.45, 7) is 3.09. The molecule has 3 rings (SSSR count). The lowest BCUT2D eigenvalue weighted by Crippen LogP contribution is -2.22. The number of rotatable bonds is 5. The van der Waals surface area contributed by atoms with Crippen LogP contribution in [0.5, 0.6) is 0 Å². The van der Waals surface area contributed by atoms with Crippen molar-refractivity contribution in [2.75, 3.05) is 6.54 Å². The summed E-state index contributed by atoms with van der Waals surface area (Å²) in [6, 6.07) is 10.8. The Morgan fingerprint density at radius 2 is 2.14 bits per heavy atom. The number of fused-ring (bicyclic) bond motifs is 1. The largest absolute Gasteiger partial charge is 0.309 e. The standard InChI is InChI=1S/C16H18BrN3S/c1-3-18-14(16-12(17)8-9-21-16)10-13-11-6-4-5-7-15(11)20(2)19-13/h4-9,14,18H,3,10H2,1-2H3. The normalized spacial score (nSPS) is 12.9. The number of aryl methyl sites for hydroxylation is 1. The summed E-state index contributed by atoms with van der Waals surface area (Å²) >= 11 is 5.44. The van der Waals surface area contributed by atoms with Gasteiger partial charge in [-0.05, 0) is 40.0 Å². The van der Waals surface area contributed by atoms with Crippen LogP contribution in [0.2, 0.25) is 0 Å². The summed E-state index contributed by atoms with van der Waals surface area (Å²) in [5.74, 6) is 0. The van der Waals surface area contributed by atoms with Gasteiger partial charge in [-0.1, -0.05) is 25.1 Å². The maximum atomic E-state index is 4.72. The van der Waals surface area contributed by atoms with Gasteiger partial charge in [-0.2, -0.15) is 5.10 Å². The summed E-state index contributed by atoms with van der Waals surface area (Å²) in [5, 5.41) is 11.7. The molecule has 0 amide bonds. The van der Waals surface area contributed by atoms with Crippen molar-refractivity contribution in [2.24, 2.45) is 7.05 Å². The zero-order valence-corrected chi connectivity index (χ0v) is 14.5. The fourth-order valence-corrected chi connectivity index (χ4v) is 4.42. The number of hydrogen-bond acceptors (Lipinski definition) is 3. The van der Waals surface area contributed by atoms with Gasteiger partial charge in [0.25, 0.3) is 0 Å². The first-order valence-electron chi connectivity index (χ1n) is 7.07. The fourth-order valence-electron chi connectivity index (χ4n) is 2.69. The molecule has 0 saturated carbocycles. The molecule has 0 aliphatic carbocycles. The molecule has 1 atom stereocenters. The Balaban J connectivity index is 1.97. The Morgan fingerprint density at radius 3 is 2.86 bits per heavy atom. The Labute approximate surface area is 137 Å². The molecule has 0 radical (unpaired) electrons. The van der Waals surface area contributed by atoms with E-state index in [1.165, 1.54) is 20.3 Å². The zero-order chi connectivity index (χ0) is 14.8. The van der Waals surface area contributed by atoms with E-state index in [9.17, 15) is 0 Å². The van der Waals surface area contributed by atoms with Crippen LogP contribution in [0.1, 0.15) is 23.5 Å². The van der Waals surface area contributed by atoms with Gasteiger partial charge in [0.1, 0.15) is 0 Å². The van der Waals surface area contributed by atoms with Gasteiger partial charge in [-0.25, -0.2) is 0 Å². The number of aromatic nitrogens is 2. The number of nitrogens with zero attached hydrogens (tertiary/aromatic N) is 2. The summed E-state index contributed by atoms with van der Waals surface area (Å²) in [6.07, 6.45) is 0.897. The molecule has 3 aromatic rings. The summed E-state index contributed by atoms with van der Waals surface area (Å²) in [5.41, 5.74) is 2.34. The molecular formula is C16H18BrN3S. The van der Waals surface area contributed by atoms with Crippen LogP contribution in [-0.4, -0.2) is 16.3 Å². The third-order valence-corrected chi connectivity index (χ3v) is 5.63. The molecule has 1 unspecified atom stereocenters. The van der Waals surface area contributed by atoms with Crippen LogP contribution in [0.25, 0.3) is 10.9 Å². The second-order valence-corrected chi connectivity index (χ2v) is 6.84. The predicted molar refractivity (Wildman–Crippen MR) is 92.9 cm³/mol. The van der Waals surface area contributed by atoms with Crippen molar-refractivity contribution in [1.29, 1.82) is 0 Å². The predicted octanol–water partition coefficient (Wildman–Crippen LogP) is 4.29. The highest BCUT2D eigenvalue weighted by molar-refractivity contribution is 9.10. The van der Waals surface area contributed by atoms with Gasteiger partial charge in [0.05, 0.1) is 11.2 Å². The Kier molecular flexibility index (Phi) is 4.42. The maximum absolute atomic E-state index is 4.72. The molecule has 0 aliphatic heterocycles. The van der Waals surface area contributed by atoms with Crippen molar-refractivity contribution >= 4 is 38.2 Å². The van der Waals surface area contributed by atoms with Crippen LogP contribution >= 0.6 is 27.3 Å². The molecule has 1 N–H and O–H groups in total. The highest BCUT2D eigenvalue weighted by Gasteiger charge is 2.19. The Morgan fingerprint density at radius 1 is 1.33 bits per heavy atom. The second kappa shape index (κ2) is 6.30. The highest BCUT2D eigenvalue weighted by Crippen LogP contribution is 2.32. The smallest absolute Gasteiger partial charge is 0.0722 e. The fraction of sp³-hybridized carbons (Fsp3) is 0.312. The van der Waals surface area contributed by atoms with Crippen LogP contribution < -0.4 is 5.32 Å². The molecule has 2 aromatic heterocycles. The Hall–Kier alpha value is -1.17. The number of halogens is 1. The van der Waals surface area contributed by atoms with Gasteiger partial charge >= 0.3 is 0 Å². The number of nitrogens with one attached hydrogen (secondary N) is 1. The topological polar surface area (TPSA) is 29.9 Å². The van der Waals surface area contributed by atoms with Crippen LogP contribution in [-0.2, 0) is 13.5 Å². The summed E-state index contributed by atoms with van der Waals surface area (Å²) in [4.78, 5) is 1.34. The van der Waals surface area contributed by atoms with Crippen molar-refractivity contribution in [3.05, 3.63) is 50.8 Å².